The molecule has 0 bridgehead atoms. The van der Waals surface area contributed by atoms with E-state index >= 15 is 0 Å². The van der Waals surface area contributed by atoms with Crippen LogP contribution in [0.5, 0.6) is 5.75 Å². The number of aromatic nitrogens is 1. The van der Waals surface area contributed by atoms with Crippen molar-refractivity contribution in [3.8, 4) is 5.75 Å². The molecule has 1 atom stereocenters. The van der Waals surface area contributed by atoms with Gasteiger partial charge in [0.05, 0.1) is 40.0 Å². The zero-order valence-electron chi connectivity index (χ0n) is 19.4. The summed E-state index contributed by atoms with van der Waals surface area (Å²) < 4.78 is 19.2. The van der Waals surface area contributed by atoms with Gasteiger partial charge in [-0.05, 0) is 53.5 Å². The molecule has 1 unspecified atom stereocenters. The predicted octanol–water partition coefficient (Wildman–Crippen LogP) is 3.23. The second-order valence-corrected chi connectivity index (χ2v) is 9.63. The van der Waals surface area contributed by atoms with Crippen LogP contribution in [0.1, 0.15) is 31.2 Å². The summed E-state index contributed by atoms with van der Waals surface area (Å²) in [6, 6.07) is 8.41. The zero-order chi connectivity index (χ0) is 24.6. The van der Waals surface area contributed by atoms with Crippen LogP contribution < -0.4 is 24.5 Å². The SMILES string of the molecule is CCOC(=O)C1=C(C)N=c2sc(=Cc3ccc(N(C)C)o3)c(=O)n2C1c1ccc(OC)c(Br)c1. The first kappa shape index (κ1) is 24.0. The van der Waals surface area contributed by atoms with Crippen molar-refractivity contribution < 1.29 is 18.7 Å². The molecule has 0 aliphatic carbocycles. The highest BCUT2D eigenvalue weighted by Crippen LogP contribution is 2.35. The Kier molecular flexibility index (Phi) is 6.81. The molecule has 0 spiro atoms. The molecule has 1 aliphatic heterocycles. The molecule has 4 rings (SSSR count). The maximum absolute atomic E-state index is 13.6. The van der Waals surface area contributed by atoms with Crippen LogP contribution in [0, 0.1) is 0 Å². The van der Waals surface area contributed by atoms with E-state index in [0.29, 0.717) is 42.5 Å². The quantitative estimate of drug-likeness (QED) is 0.442. The van der Waals surface area contributed by atoms with Gasteiger partial charge in [-0.25, -0.2) is 9.79 Å². The fraction of sp³-hybridized carbons (Fsp3) is 0.292. The van der Waals surface area contributed by atoms with Crippen LogP contribution in [0.15, 0.2) is 60.3 Å². The molecule has 10 heteroatoms. The van der Waals surface area contributed by atoms with Crippen LogP contribution in [-0.4, -0.2) is 38.3 Å². The third kappa shape index (κ3) is 4.35. The Bertz CT molecular complexity index is 1460. The molecule has 0 radical (unpaired) electrons. The van der Waals surface area contributed by atoms with Crippen molar-refractivity contribution in [1.82, 2.24) is 4.57 Å². The van der Waals surface area contributed by atoms with Crippen molar-refractivity contribution in [1.29, 1.82) is 0 Å². The first-order valence-electron chi connectivity index (χ1n) is 10.6. The monoisotopic (exact) mass is 545 g/mol. The maximum atomic E-state index is 13.6. The third-order valence-electron chi connectivity index (χ3n) is 5.34. The Labute approximate surface area is 208 Å². The normalized spacial score (nSPS) is 15.7. The molecule has 0 saturated heterocycles. The number of methoxy groups -OCH3 is 1. The van der Waals surface area contributed by atoms with E-state index in [1.165, 1.54) is 11.3 Å². The van der Waals surface area contributed by atoms with Gasteiger partial charge in [0, 0.05) is 26.2 Å². The molecule has 0 N–H and O–H groups in total. The van der Waals surface area contributed by atoms with Gasteiger partial charge >= 0.3 is 5.97 Å². The number of benzene rings is 1. The van der Waals surface area contributed by atoms with Gasteiger partial charge in [-0.3, -0.25) is 9.36 Å². The molecule has 0 amide bonds. The number of furan rings is 1. The number of esters is 1. The summed E-state index contributed by atoms with van der Waals surface area (Å²) in [7, 11) is 5.33. The molecular formula is C24H24BrN3O5S. The van der Waals surface area contributed by atoms with E-state index in [9.17, 15) is 9.59 Å². The fourth-order valence-electron chi connectivity index (χ4n) is 3.75. The lowest BCUT2D eigenvalue weighted by Gasteiger charge is -2.25. The largest absolute Gasteiger partial charge is 0.496 e. The molecule has 3 aromatic rings. The van der Waals surface area contributed by atoms with Gasteiger partial charge in [-0.15, -0.1) is 0 Å². The number of halogens is 1. The highest BCUT2D eigenvalue weighted by Gasteiger charge is 2.33. The van der Waals surface area contributed by atoms with Gasteiger partial charge in [0.2, 0.25) is 0 Å². The maximum Gasteiger partial charge on any atom is 0.338 e. The number of hydrogen-bond acceptors (Lipinski definition) is 8. The number of fused-ring (bicyclic) bond motifs is 1. The fourth-order valence-corrected chi connectivity index (χ4v) is 5.33. The van der Waals surface area contributed by atoms with Crippen LogP contribution in [0.25, 0.3) is 6.08 Å². The lowest BCUT2D eigenvalue weighted by molar-refractivity contribution is -0.139. The molecule has 178 valence electrons. The van der Waals surface area contributed by atoms with E-state index in [1.54, 1.807) is 43.7 Å². The minimum Gasteiger partial charge on any atom is -0.496 e. The van der Waals surface area contributed by atoms with E-state index in [0.717, 1.165) is 5.56 Å². The topological polar surface area (TPSA) is 86.3 Å². The summed E-state index contributed by atoms with van der Waals surface area (Å²) in [5, 5.41) is 0. The standard InChI is InChI=1S/C24H24BrN3O5S/c1-6-32-23(30)20-13(2)26-24-28(21(20)14-7-9-17(31-5)16(25)11-14)22(29)18(34-24)12-15-8-10-19(33-15)27(3)4/h7-12,21H,6H2,1-5H3. The Morgan fingerprint density at radius 2 is 2.09 bits per heavy atom. The van der Waals surface area contributed by atoms with Crippen molar-refractivity contribution in [3.63, 3.8) is 0 Å². The van der Waals surface area contributed by atoms with Gasteiger partial charge in [0.15, 0.2) is 10.7 Å². The van der Waals surface area contributed by atoms with Crippen molar-refractivity contribution in [2.24, 2.45) is 4.99 Å². The number of hydrogen-bond donors (Lipinski definition) is 0. The number of carbonyl (C=O) groups excluding carboxylic acids is 1. The second-order valence-electron chi connectivity index (χ2n) is 7.77. The smallest absolute Gasteiger partial charge is 0.338 e. The first-order chi connectivity index (χ1) is 16.2. The van der Waals surface area contributed by atoms with Crippen LogP contribution in [0.2, 0.25) is 0 Å². The summed E-state index contributed by atoms with van der Waals surface area (Å²) in [6.07, 6.45) is 1.70. The number of carbonyl (C=O) groups is 1. The van der Waals surface area contributed by atoms with Crippen LogP contribution in [-0.2, 0) is 9.53 Å². The summed E-state index contributed by atoms with van der Waals surface area (Å²) in [5.41, 5.74) is 1.30. The van der Waals surface area contributed by atoms with E-state index in [2.05, 4.69) is 20.9 Å². The van der Waals surface area contributed by atoms with E-state index in [-0.39, 0.29) is 12.2 Å². The van der Waals surface area contributed by atoms with Gasteiger partial charge in [-0.1, -0.05) is 17.4 Å². The van der Waals surface area contributed by atoms with Gasteiger partial charge in [0.25, 0.3) is 5.56 Å². The molecule has 1 aromatic carbocycles. The number of thiazole rings is 1. The summed E-state index contributed by atoms with van der Waals surface area (Å²) in [5.74, 6) is 1.38. The van der Waals surface area contributed by atoms with E-state index in [1.807, 2.05) is 37.2 Å². The average molecular weight is 546 g/mol. The summed E-state index contributed by atoms with van der Waals surface area (Å²) in [6.45, 7) is 3.71. The zero-order valence-corrected chi connectivity index (χ0v) is 21.8. The number of nitrogens with zero attached hydrogens (tertiary/aromatic N) is 3. The average Bonchev–Trinajstić information content (AvgIpc) is 3.38. The predicted molar refractivity (Wildman–Crippen MR) is 134 cm³/mol. The van der Waals surface area contributed by atoms with Crippen molar-refractivity contribution in [3.05, 3.63) is 77.1 Å². The van der Waals surface area contributed by atoms with E-state index < -0.39 is 12.0 Å². The van der Waals surface area contributed by atoms with Crippen molar-refractivity contribution in [2.75, 3.05) is 32.7 Å². The van der Waals surface area contributed by atoms with Gasteiger partial charge < -0.3 is 18.8 Å². The minimum absolute atomic E-state index is 0.214. The highest BCUT2D eigenvalue weighted by molar-refractivity contribution is 9.10. The van der Waals surface area contributed by atoms with Crippen LogP contribution in [0.3, 0.4) is 0 Å². The van der Waals surface area contributed by atoms with Gasteiger partial charge in [-0.2, -0.15) is 0 Å². The minimum atomic E-state index is -0.700. The van der Waals surface area contributed by atoms with Crippen molar-refractivity contribution in [2.45, 2.75) is 19.9 Å². The Morgan fingerprint density at radius 3 is 2.71 bits per heavy atom. The first-order valence-corrected chi connectivity index (χ1v) is 12.2. The Morgan fingerprint density at radius 1 is 1.32 bits per heavy atom. The number of anilines is 1. The lowest BCUT2D eigenvalue weighted by Crippen LogP contribution is -2.39. The molecule has 1 aliphatic rings. The molecule has 2 aromatic heterocycles. The molecular weight excluding hydrogens is 522 g/mol. The van der Waals surface area contributed by atoms with Crippen LogP contribution >= 0.6 is 27.3 Å². The molecule has 34 heavy (non-hydrogen) atoms. The molecule has 8 nitrogen and oxygen atoms in total. The summed E-state index contributed by atoms with van der Waals surface area (Å²) >= 11 is 4.76. The Balaban J connectivity index is 1.93. The number of rotatable bonds is 6. The number of allylic oxidation sites excluding steroid dienone is 1. The highest BCUT2D eigenvalue weighted by atomic mass is 79.9. The number of ether oxygens (including phenoxy) is 2. The molecule has 3 heterocycles. The molecule has 0 saturated carbocycles. The second kappa shape index (κ2) is 9.63. The Hall–Kier alpha value is -3.11. The lowest BCUT2D eigenvalue weighted by atomic mass is 9.96. The van der Waals surface area contributed by atoms with Crippen molar-refractivity contribution >= 4 is 45.2 Å². The van der Waals surface area contributed by atoms with E-state index in [4.69, 9.17) is 13.9 Å². The van der Waals surface area contributed by atoms with Crippen LogP contribution in [0.4, 0.5) is 5.88 Å². The van der Waals surface area contributed by atoms with Gasteiger partial charge in [0.1, 0.15) is 11.5 Å². The summed E-state index contributed by atoms with van der Waals surface area (Å²) in [4.78, 5) is 33.5. The molecule has 0 fully saturated rings. The third-order valence-corrected chi connectivity index (χ3v) is 6.94.